The molecule has 2 N–H and O–H groups in total. The number of aryl methyl sites for hydroxylation is 2. The number of aliphatic hydroxyl groups excluding tert-OH is 1. The van der Waals surface area contributed by atoms with Crippen molar-refractivity contribution < 1.29 is 18.3 Å². The van der Waals surface area contributed by atoms with E-state index >= 15 is 0 Å². The summed E-state index contributed by atoms with van der Waals surface area (Å²) in [5, 5.41) is 13.9. The Bertz CT molecular complexity index is 1280. The summed E-state index contributed by atoms with van der Waals surface area (Å²) in [7, 11) is -3.87. The zero-order chi connectivity index (χ0) is 24.2. The quantitative estimate of drug-likeness (QED) is 0.433. The molecule has 0 bridgehead atoms. The van der Waals surface area contributed by atoms with Gasteiger partial charge in [0.1, 0.15) is 11.6 Å². The van der Waals surface area contributed by atoms with Crippen LogP contribution in [0.4, 0.5) is 0 Å². The van der Waals surface area contributed by atoms with Gasteiger partial charge in [0.05, 0.1) is 29.4 Å². The van der Waals surface area contributed by atoms with Crippen molar-refractivity contribution in [1.29, 1.82) is 0 Å². The molecule has 0 aliphatic carbocycles. The summed E-state index contributed by atoms with van der Waals surface area (Å²) in [6, 6.07) is 4.48. The first kappa shape index (κ1) is 24.9. The van der Waals surface area contributed by atoms with Crippen LogP contribution in [-0.4, -0.2) is 63.7 Å². The molecule has 2 aromatic heterocycles. The SMILES string of the molecule is CCCc1nc(C)c2c(=O)[nH]c(-c3cc(S(=O)(=O)N(CCC)CCO)ccc3OCC)nn12. The van der Waals surface area contributed by atoms with Crippen LogP contribution in [0.15, 0.2) is 27.9 Å². The Labute approximate surface area is 193 Å². The second-order valence-corrected chi connectivity index (χ2v) is 9.58. The minimum atomic E-state index is -3.87. The van der Waals surface area contributed by atoms with Crippen molar-refractivity contribution in [1.82, 2.24) is 23.9 Å². The normalized spacial score (nSPS) is 12.1. The molecule has 10 nitrogen and oxygen atoms in total. The van der Waals surface area contributed by atoms with Crippen molar-refractivity contribution in [2.24, 2.45) is 0 Å². The number of benzene rings is 1. The summed E-state index contributed by atoms with van der Waals surface area (Å²) in [5.41, 5.74) is 0.933. The maximum Gasteiger partial charge on any atom is 0.277 e. The van der Waals surface area contributed by atoms with E-state index in [0.717, 1.165) is 6.42 Å². The number of sulfonamides is 1. The van der Waals surface area contributed by atoms with Gasteiger partial charge < -0.3 is 14.8 Å². The highest BCUT2D eigenvalue weighted by atomic mass is 32.2. The molecule has 0 spiro atoms. The van der Waals surface area contributed by atoms with E-state index in [-0.39, 0.29) is 36.0 Å². The van der Waals surface area contributed by atoms with Gasteiger partial charge in [-0.25, -0.2) is 17.9 Å². The summed E-state index contributed by atoms with van der Waals surface area (Å²) >= 11 is 0. The lowest BCUT2D eigenvalue weighted by molar-refractivity contribution is 0.253. The molecule has 11 heteroatoms. The Kier molecular flexibility index (Phi) is 7.88. The zero-order valence-electron chi connectivity index (χ0n) is 19.5. The Morgan fingerprint density at radius 1 is 1.18 bits per heavy atom. The van der Waals surface area contributed by atoms with Crippen LogP contribution in [0.2, 0.25) is 0 Å². The van der Waals surface area contributed by atoms with E-state index in [1.54, 1.807) is 13.0 Å². The molecule has 180 valence electrons. The molecule has 0 saturated heterocycles. The first-order valence-corrected chi connectivity index (χ1v) is 12.6. The van der Waals surface area contributed by atoms with Gasteiger partial charge in [0.2, 0.25) is 10.0 Å². The molecule has 0 fully saturated rings. The third kappa shape index (κ3) is 4.94. The summed E-state index contributed by atoms with van der Waals surface area (Å²) in [6.45, 7) is 7.80. The zero-order valence-corrected chi connectivity index (χ0v) is 20.3. The molecule has 0 saturated carbocycles. The highest BCUT2D eigenvalue weighted by Crippen LogP contribution is 2.31. The van der Waals surface area contributed by atoms with E-state index in [9.17, 15) is 18.3 Å². The van der Waals surface area contributed by atoms with Crippen LogP contribution in [0.5, 0.6) is 5.75 Å². The van der Waals surface area contributed by atoms with Crippen LogP contribution in [0.1, 0.15) is 45.1 Å². The lowest BCUT2D eigenvalue weighted by Crippen LogP contribution is -2.34. The molecule has 2 heterocycles. The molecule has 0 amide bonds. The number of aliphatic hydroxyl groups is 1. The molecule has 0 aliphatic rings. The first-order valence-electron chi connectivity index (χ1n) is 11.1. The number of hydrogen-bond donors (Lipinski definition) is 2. The van der Waals surface area contributed by atoms with Crippen LogP contribution in [-0.2, 0) is 16.4 Å². The maximum atomic E-state index is 13.3. The van der Waals surface area contributed by atoms with Gasteiger partial charge in [-0.05, 0) is 44.9 Å². The summed E-state index contributed by atoms with van der Waals surface area (Å²) in [5.74, 6) is 1.25. The number of nitrogens with zero attached hydrogens (tertiary/aromatic N) is 4. The third-order valence-electron chi connectivity index (χ3n) is 5.18. The van der Waals surface area contributed by atoms with Gasteiger partial charge in [-0.2, -0.15) is 4.31 Å². The average molecular weight is 478 g/mol. The average Bonchev–Trinajstić information content (AvgIpc) is 3.10. The van der Waals surface area contributed by atoms with Gasteiger partial charge in [-0.15, -0.1) is 5.10 Å². The maximum absolute atomic E-state index is 13.3. The fourth-order valence-corrected chi connectivity index (χ4v) is 5.29. The fraction of sp³-hybridized carbons (Fsp3) is 0.500. The second-order valence-electron chi connectivity index (χ2n) is 7.65. The Balaban J connectivity index is 2.22. The summed E-state index contributed by atoms with van der Waals surface area (Å²) in [4.78, 5) is 20.2. The molecular formula is C22H31N5O5S. The number of ether oxygens (including phenoxy) is 1. The smallest absolute Gasteiger partial charge is 0.277 e. The van der Waals surface area contributed by atoms with E-state index < -0.39 is 10.0 Å². The number of fused-ring (bicyclic) bond motifs is 1. The van der Waals surface area contributed by atoms with Gasteiger partial charge in [0, 0.05) is 19.5 Å². The number of aromatic amines is 1. The Morgan fingerprint density at radius 3 is 2.58 bits per heavy atom. The number of nitrogens with one attached hydrogen (secondary N) is 1. The first-order chi connectivity index (χ1) is 15.8. The topological polar surface area (TPSA) is 130 Å². The lowest BCUT2D eigenvalue weighted by Gasteiger charge is -2.21. The van der Waals surface area contributed by atoms with E-state index in [4.69, 9.17) is 4.74 Å². The van der Waals surface area contributed by atoms with Gasteiger partial charge in [-0.3, -0.25) is 4.79 Å². The Morgan fingerprint density at radius 2 is 1.94 bits per heavy atom. The standard InChI is InChI=1S/C22H31N5O5S/c1-5-8-19-23-15(4)20-22(29)24-21(25-27(19)20)17-14-16(9-10-18(17)32-7-3)33(30,31)26(11-6-2)12-13-28/h9-10,14,28H,5-8,11-13H2,1-4H3,(H,24,25,29). The van der Waals surface area contributed by atoms with Crippen LogP contribution >= 0.6 is 0 Å². The van der Waals surface area contributed by atoms with Gasteiger partial charge in [-0.1, -0.05) is 13.8 Å². The van der Waals surface area contributed by atoms with Crippen molar-refractivity contribution in [2.75, 3.05) is 26.3 Å². The number of imidazole rings is 1. The molecule has 0 aliphatic heterocycles. The van der Waals surface area contributed by atoms with E-state index in [1.165, 1.54) is 21.0 Å². The van der Waals surface area contributed by atoms with E-state index in [2.05, 4.69) is 15.1 Å². The number of H-pyrrole nitrogens is 1. The molecule has 33 heavy (non-hydrogen) atoms. The van der Waals surface area contributed by atoms with Gasteiger partial charge in [0.15, 0.2) is 11.3 Å². The number of rotatable bonds is 11. The molecule has 0 radical (unpaired) electrons. The van der Waals surface area contributed by atoms with Crippen LogP contribution in [0, 0.1) is 6.92 Å². The van der Waals surface area contributed by atoms with Crippen molar-refractivity contribution >= 4 is 15.5 Å². The van der Waals surface area contributed by atoms with Crippen LogP contribution < -0.4 is 10.3 Å². The monoisotopic (exact) mass is 477 g/mol. The predicted molar refractivity (Wildman–Crippen MR) is 125 cm³/mol. The highest BCUT2D eigenvalue weighted by Gasteiger charge is 2.26. The highest BCUT2D eigenvalue weighted by molar-refractivity contribution is 7.89. The van der Waals surface area contributed by atoms with Crippen LogP contribution in [0.25, 0.3) is 16.9 Å². The second kappa shape index (κ2) is 10.4. The molecule has 0 atom stereocenters. The largest absolute Gasteiger partial charge is 0.493 e. The van der Waals surface area contributed by atoms with E-state index in [1.807, 2.05) is 20.8 Å². The molecule has 1 aromatic carbocycles. The molecule has 3 aromatic rings. The predicted octanol–water partition coefficient (Wildman–Crippen LogP) is 2.14. The van der Waals surface area contributed by atoms with E-state index in [0.29, 0.717) is 47.8 Å². The van der Waals surface area contributed by atoms with Gasteiger partial charge >= 0.3 is 0 Å². The summed E-state index contributed by atoms with van der Waals surface area (Å²) in [6.07, 6.45) is 2.08. The molecule has 0 unspecified atom stereocenters. The number of hydrogen-bond acceptors (Lipinski definition) is 7. The van der Waals surface area contributed by atoms with Gasteiger partial charge in [0.25, 0.3) is 5.56 Å². The lowest BCUT2D eigenvalue weighted by atomic mass is 10.2. The Hall–Kier alpha value is -2.76. The van der Waals surface area contributed by atoms with Crippen LogP contribution in [0.3, 0.4) is 0 Å². The van der Waals surface area contributed by atoms with Crippen molar-refractivity contribution in [3.63, 3.8) is 0 Å². The van der Waals surface area contributed by atoms with Crippen molar-refractivity contribution in [2.45, 2.75) is 51.9 Å². The number of aromatic nitrogens is 4. The molecule has 3 rings (SSSR count). The summed E-state index contributed by atoms with van der Waals surface area (Å²) < 4.78 is 35.0. The minimum absolute atomic E-state index is 0.00550. The minimum Gasteiger partial charge on any atom is -0.493 e. The van der Waals surface area contributed by atoms with Crippen molar-refractivity contribution in [3.8, 4) is 17.1 Å². The fourth-order valence-electron chi connectivity index (χ4n) is 3.74. The third-order valence-corrected chi connectivity index (χ3v) is 7.08. The van der Waals surface area contributed by atoms with Crippen molar-refractivity contribution in [3.05, 3.63) is 40.1 Å². The molecular weight excluding hydrogens is 446 g/mol.